The van der Waals surface area contributed by atoms with E-state index in [9.17, 15) is 9.90 Å². The average Bonchev–Trinajstić information content (AvgIpc) is 2.81. The molecule has 0 bridgehead atoms. The Morgan fingerprint density at radius 1 is 1.65 bits per heavy atom. The molecule has 1 rings (SSSR count). The molecule has 0 saturated carbocycles. The molecule has 2 N–H and O–H groups in total. The van der Waals surface area contributed by atoms with Crippen LogP contribution in [0.4, 0.5) is 0 Å². The lowest BCUT2D eigenvalue weighted by atomic mass is 10.1. The highest BCUT2D eigenvalue weighted by Crippen LogP contribution is 2.24. The molecule has 17 heavy (non-hydrogen) atoms. The smallest absolute Gasteiger partial charge is 0.246 e. The highest BCUT2D eigenvalue weighted by Gasteiger charge is 2.24. The third kappa shape index (κ3) is 4.85. The molecule has 1 aromatic heterocycles. The Kier molecular flexibility index (Phi) is 5.61. The van der Waals surface area contributed by atoms with E-state index in [1.54, 1.807) is 6.92 Å². The van der Waals surface area contributed by atoms with Gasteiger partial charge in [0.25, 0.3) is 0 Å². The number of hydrogen-bond acceptors (Lipinski definition) is 4. The zero-order valence-electron chi connectivity index (χ0n) is 10.2. The Morgan fingerprint density at radius 3 is 3.00 bits per heavy atom. The monoisotopic (exact) mass is 257 g/mol. The van der Waals surface area contributed by atoms with E-state index in [1.165, 1.54) is 11.3 Å². The van der Waals surface area contributed by atoms with Crippen molar-refractivity contribution in [2.24, 2.45) is 0 Å². The third-order valence-corrected chi connectivity index (χ3v) is 3.39. The first-order chi connectivity index (χ1) is 8.06. The van der Waals surface area contributed by atoms with Crippen LogP contribution < -0.4 is 5.32 Å². The molecule has 1 amide bonds. The van der Waals surface area contributed by atoms with Crippen LogP contribution in [0.3, 0.4) is 0 Å². The Bertz CT molecular complexity index is 336. The van der Waals surface area contributed by atoms with Gasteiger partial charge in [0.15, 0.2) is 0 Å². The molecule has 4 nitrogen and oxygen atoms in total. The molecule has 5 heteroatoms. The Morgan fingerprint density at radius 2 is 2.41 bits per heavy atom. The molecule has 0 radical (unpaired) electrons. The molecule has 1 unspecified atom stereocenters. The van der Waals surface area contributed by atoms with E-state index in [0.29, 0.717) is 6.61 Å². The van der Waals surface area contributed by atoms with Gasteiger partial charge in [0, 0.05) is 11.5 Å². The summed E-state index contributed by atoms with van der Waals surface area (Å²) in [4.78, 5) is 12.2. The Balaban J connectivity index is 2.32. The second kappa shape index (κ2) is 6.74. The van der Waals surface area contributed by atoms with Crippen LogP contribution >= 0.6 is 11.3 Å². The SMILES string of the molecule is CCCOCC(=O)NCC(C)(O)c1cccs1. The van der Waals surface area contributed by atoms with Crippen LogP contribution in [0, 0.1) is 0 Å². The van der Waals surface area contributed by atoms with E-state index < -0.39 is 5.60 Å². The normalized spacial score (nSPS) is 14.3. The van der Waals surface area contributed by atoms with Crippen molar-refractivity contribution in [3.05, 3.63) is 22.4 Å². The Hall–Kier alpha value is -0.910. The van der Waals surface area contributed by atoms with E-state index in [1.807, 2.05) is 24.4 Å². The summed E-state index contributed by atoms with van der Waals surface area (Å²) in [6.45, 7) is 4.50. The van der Waals surface area contributed by atoms with Gasteiger partial charge >= 0.3 is 0 Å². The minimum Gasteiger partial charge on any atom is -0.383 e. The van der Waals surface area contributed by atoms with Crippen LogP contribution in [-0.2, 0) is 15.1 Å². The second-order valence-electron chi connectivity index (χ2n) is 4.08. The zero-order chi connectivity index (χ0) is 12.7. The average molecular weight is 257 g/mol. The summed E-state index contributed by atoms with van der Waals surface area (Å²) in [6, 6.07) is 3.73. The van der Waals surface area contributed by atoms with Crippen molar-refractivity contribution in [1.29, 1.82) is 0 Å². The minimum absolute atomic E-state index is 0.0500. The van der Waals surface area contributed by atoms with Crippen molar-refractivity contribution in [2.75, 3.05) is 19.8 Å². The largest absolute Gasteiger partial charge is 0.383 e. The van der Waals surface area contributed by atoms with Gasteiger partial charge in [-0.15, -0.1) is 11.3 Å². The maximum Gasteiger partial charge on any atom is 0.246 e. The summed E-state index contributed by atoms with van der Waals surface area (Å²) in [5.41, 5.74) is -1.02. The Labute approximate surface area is 106 Å². The van der Waals surface area contributed by atoms with Crippen molar-refractivity contribution in [3.8, 4) is 0 Å². The predicted molar refractivity (Wildman–Crippen MR) is 68.0 cm³/mol. The fourth-order valence-electron chi connectivity index (χ4n) is 1.30. The van der Waals surface area contributed by atoms with Gasteiger partial charge in [-0.3, -0.25) is 4.79 Å². The van der Waals surface area contributed by atoms with Crippen LogP contribution in [0.1, 0.15) is 25.1 Å². The highest BCUT2D eigenvalue weighted by atomic mass is 32.1. The molecule has 96 valence electrons. The van der Waals surface area contributed by atoms with Gasteiger partial charge in [0.2, 0.25) is 5.91 Å². The number of aliphatic hydroxyl groups is 1. The van der Waals surface area contributed by atoms with Gasteiger partial charge in [-0.25, -0.2) is 0 Å². The van der Waals surface area contributed by atoms with E-state index in [0.717, 1.165) is 11.3 Å². The fraction of sp³-hybridized carbons (Fsp3) is 0.583. The summed E-state index contributed by atoms with van der Waals surface area (Å²) in [5.74, 6) is -0.199. The van der Waals surface area contributed by atoms with Gasteiger partial charge in [-0.2, -0.15) is 0 Å². The first kappa shape index (κ1) is 14.2. The molecule has 0 saturated heterocycles. The first-order valence-electron chi connectivity index (χ1n) is 5.67. The summed E-state index contributed by atoms with van der Waals surface area (Å²) >= 11 is 1.47. The van der Waals surface area contributed by atoms with Crippen molar-refractivity contribution in [3.63, 3.8) is 0 Å². The zero-order valence-corrected chi connectivity index (χ0v) is 11.0. The number of rotatable bonds is 7. The van der Waals surface area contributed by atoms with E-state index in [-0.39, 0.29) is 19.1 Å². The molecular formula is C12H19NO3S. The molecule has 0 aliphatic rings. The summed E-state index contributed by atoms with van der Waals surface area (Å²) < 4.78 is 5.11. The number of nitrogens with one attached hydrogen (secondary N) is 1. The quantitative estimate of drug-likeness (QED) is 0.728. The molecule has 0 fully saturated rings. The van der Waals surface area contributed by atoms with Crippen LogP contribution in [-0.4, -0.2) is 30.8 Å². The van der Waals surface area contributed by atoms with Crippen LogP contribution in [0.2, 0.25) is 0 Å². The first-order valence-corrected chi connectivity index (χ1v) is 6.55. The number of carbonyl (C=O) groups is 1. The molecular weight excluding hydrogens is 238 g/mol. The standard InChI is InChI=1S/C12H19NO3S/c1-3-6-16-8-11(14)13-9-12(2,15)10-5-4-7-17-10/h4-5,7,15H,3,6,8-9H2,1-2H3,(H,13,14). The topological polar surface area (TPSA) is 58.6 Å². The number of ether oxygens (including phenoxy) is 1. The van der Waals surface area contributed by atoms with Gasteiger partial charge in [0.1, 0.15) is 12.2 Å². The van der Waals surface area contributed by atoms with Crippen molar-refractivity contribution >= 4 is 17.2 Å². The summed E-state index contributed by atoms with van der Waals surface area (Å²) in [6.07, 6.45) is 0.889. The molecule has 1 aromatic rings. The lowest BCUT2D eigenvalue weighted by Crippen LogP contribution is -2.39. The lowest BCUT2D eigenvalue weighted by molar-refractivity contribution is -0.126. The number of hydrogen-bond donors (Lipinski definition) is 2. The third-order valence-electron chi connectivity index (χ3n) is 2.26. The molecule has 1 heterocycles. The van der Waals surface area contributed by atoms with Gasteiger partial charge in [-0.05, 0) is 24.8 Å². The summed E-state index contributed by atoms with van der Waals surface area (Å²) in [7, 11) is 0. The maximum absolute atomic E-state index is 11.4. The van der Waals surface area contributed by atoms with Crippen molar-refractivity contribution < 1.29 is 14.6 Å². The van der Waals surface area contributed by atoms with Crippen LogP contribution in [0.5, 0.6) is 0 Å². The highest BCUT2D eigenvalue weighted by molar-refractivity contribution is 7.10. The number of thiophene rings is 1. The fourth-order valence-corrected chi connectivity index (χ4v) is 2.09. The van der Waals surface area contributed by atoms with Gasteiger partial charge in [0.05, 0.1) is 6.54 Å². The molecule has 0 spiro atoms. The van der Waals surface area contributed by atoms with Gasteiger partial charge in [-0.1, -0.05) is 13.0 Å². The van der Waals surface area contributed by atoms with E-state index in [2.05, 4.69) is 5.32 Å². The van der Waals surface area contributed by atoms with Gasteiger partial charge < -0.3 is 15.2 Å². The lowest BCUT2D eigenvalue weighted by Gasteiger charge is -2.22. The number of carbonyl (C=O) groups excluding carboxylic acids is 1. The molecule has 1 atom stereocenters. The minimum atomic E-state index is -1.02. The maximum atomic E-state index is 11.4. The molecule has 0 aliphatic heterocycles. The van der Waals surface area contributed by atoms with Crippen LogP contribution in [0.25, 0.3) is 0 Å². The van der Waals surface area contributed by atoms with E-state index in [4.69, 9.17) is 4.74 Å². The molecule has 0 aliphatic carbocycles. The van der Waals surface area contributed by atoms with Crippen molar-refractivity contribution in [2.45, 2.75) is 25.9 Å². The molecule has 0 aromatic carbocycles. The second-order valence-corrected chi connectivity index (χ2v) is 5.03. The van der Waals surface area contributed by atoms with Crippen molar-refractivity contribution in [1.82, 2.24) is 5.32 Å². The number of amides is 1. The van der Waals surface area contributed by atoms with Crippen LogP contribution in [0.15, 0.2) is 17.5 Å². The van der Waals surface area contributed by atoms with E-state index >= 15 is 0 Å². The summed E-state index contributed by atoms with van der Waals surface area (Å²) in [5, 5.41) is 14.7. The predicted octanol–water partition coefficient (Wildman–Crippen LogP) is 1.50.